The van der Waals surface area contributed by atoms with E-state index >= 15 is 0 Å². The van der Waals surface area contributed by atoms with Gasteiger partial charge < -0.3 is 9.47 Å². The van der Waals surface area contributed by atoms with E-state index in [0.29, 0.717) is 23.5 Å². The molecule has 0 saturated heterocycles. The average Bonchev–Trinajstić information content (AvgIpc) is 2.77. The van der Waals surface area contributed by atoms with Gasteiger partial charge in [0.25, 0.3) is 5.92 Å². The molecule has 0 radical (unpaired) electrons. The SMILES string of the molecule is COc1ccc2c(c1)OC(C)(C)CN(S(=O)(=O)CC1CCCC1(F)F)C2. The van der Waals surface area contributed by atoms with Crippen LogP contribution < -0.4 is 9.47 Å². The first kappa shape index (κ1) is 19.4. The van der Waals surface area contributed by atoms with Gasteiger partial charge in [0.2, 0.25) is 10.0 Å². The molecule has 1 fully saturated rings. The lowest BCUT2D eigenvalue weighted by Crippen LogP contribution is -2.45. The van der Waals surface area contributed by atoms with E-state index in [1.165, 1.54) is 4.31 Å². The summed E-state index contributed by atoms with van der Waals surface area (Å²) in [6.45, 7) is 3.77. The van der Waals surface area contributed by atoms with Gasteiger partial charge in [0.1, 0.15) is 17.1 Å². The van der Waals surface area contributed by atoms with Crippen LogP contribution in [0.25, 0.3) is 0 Å². The van der Waals surface area contributed by atoms with Crippen molar-refractivity contribution in [2.24, 2.45) is 5.92 Å². The van der Waals surface area contributed by atoms with Gasteiger partial charge in [-0.15, -0.1) is 0 Å². The molecular weight excluding hydrogens is 364 g/mol. The summed E-state index contributed by atoms with van der Waals surface area (Å²) in [6.07, 6.45) is 0.378. The Bertz CT molecular complexity index is 779. The zero-order valence-electron chi connectivity index (χ0n) is 15.3. The van der Waals surface area contributed by atoms with Crippen LogP contribution in [-0.4, -0.2) is 43.7 Å². The molecule has 1 atom stereocenters. The maximum absolute atomic E-state index is 13.9. The summed E-state index contributed by atoms with van der Waals surface area (Å²) in [5.74, 6) is -3.38. The number of methoxy groups -OCH3 is 1. The number of hydrogen-bond donors (Lipinski definition) is 0. The van der Waals surface area contributed by atoms with Gasteiger partial charge in [-0.1, -0.05) is 6.07 Å². The molecule has 1 saturated carbocycles. The van der Waals surface area contributed by atoms with Crippen LogP contribution in [-0.2, 0) is 16.6 Å². The molecule has 1 aliphatic carbocycles. The van der Waals surface area contributed by atoms with Gasteiger partial charge >= 0.3 is 0 Å². The molecule has 0 N–H and O–H groups in total. The molecule has 3 rings (SSSR count). The van der Waals surface area contributed by atoms with Gasteiger partial charge in [0.15, 0.2) is 0 Å². The van der Waals surface area contributed by atoms with E-state index in [0.717, 1.165) is 0 Å². The van der Waals surface area contributed by atoms with Gasteiger partial charge in [-0.25, -0.2) is 17.2 Å². The minimum Gasteiger partial charge on any atom is -0.497 e. The summed E-state index contributed by atoms with van der Waals surface area (Å²) in [5, 5.41) is 0. The Morgan fingerprint density at radius 3 is 2.69 bits per heavy atom. The molecule has 5 nitrogen and oxygen atoms in total. The molecule has 1 unspecified atom stereocenters. The summed E-state index contributed by atoms with van der Waals surface area (Å²) in [7, 11) is -2.30. The van der Waals surface area contributed by atoms with Crippen LogP contribution >= 0.6 is 0 Å². The second-order valence-corrected chi connectivity index (χ2v) is 9.75. The van der Waals surface area contributed by atoms with E-state index in [9.17, 15) is 17.2 Å². The normalized spacial score (nSPS) is 25.2. The Hall–Kier alpha value is -1.41. The fraction of sp³-hybridized carbons (Fsp3) is 0.667. The quantitative estimate of drug-likeness (QED) is 0.792. The Morgan fingerprint density at radius 1 is 1.35 bits per heavy atom. The van der Waals surface area contributed by atoms with Crippen LogP contribution in [0.5, 0.6) is 11.5 Å². The van der Waals surface area contributed by atoms with Crippen LogP contribution in [0.1, 0.15) is 38.7 Å². The van der Waals surface area contributed by atoms with Crippen molar-refractivity contribution in [1.29, 1.82) is 0 Å². The molecule has 1 aromatic carbocycles. The van der Waals surface area contributed by atoms with Gasteiger partial charge in [0, 0.05) is 30.5 Å². The van der Waals surface area contributed by atoms with Crippen molar-refractivity contribution < 1.29 is 26.7 Å². The number of benzene rings is 1. The van der Waals surface area contributed by atoms with Gasteiger partial charge in [0.05, 0.1) is 19.4 Å². The Morgan fingerprint density at radius 2 is 2.08 bits per heavy atom. The fourth-order valence-corrected chi connectivity index (χ4v) is 5.62. The Labute approximate surface area is 153 Å². The molecular formula is C18H25F2NO4S. The average molecular weight is 389 g/mol. The molecule has 1 heterocycles. The minimum atomic E-state index is -3.85. The van der Waals surface area contributed by atoms with Crippen LogP contribution in [0.3, 0.4) is 0 Å². The van der Waals surface area contributed by atoms with Crippen molar-refractivity contribution in [3.8, 4) is 11.5 Å². The standard InChI is InChI=1S/C18H25F2NO4S/c1-17(2)12-21(10-13-6-7-15(24-3)9-16(13)25-17)26(22,23)11-14-5-4-8-18(14,19)20/h6-7,9,14H,4-5,8,10-12H2,1-3H3. The van der Waals surface area contributed by atoms with Crippen LogP contribution in [0.2, 0.25) is 0 Å². The monoisotopic (exact) mass is 389 g/mol. The van der Waals surface area contributed by atoms with Crippen LogP contribution in [0.4, 0.5) is 8.78 Å². The molecule has 0 amide bonds. The van der Waals surface area contributed by atoms with Crippen LogP contribution in [0, 0.1) is 5.92 Å². The van der Waals surface area contributed by atoms with Crippen molar-refractivity contribution in [2.75, 3.05) is 19.4 Å². The van der Waals surface area contributed by atoms with E-state index in [1.807, 2.05) is 0 Å². The maximum Gasteiger partial charge on any atom is 0.251 e. The topological polar surface area (TPSA) is 55.8 Å². The number of sulfonamides is 1. The summed E-state index contributed by atoms with van der Waals surface area (Å²) >= 11 is 0. The highest BCUT2D eigenvalue weighted by Gasteiger charge is 2.47. The Kier molecular flexibility index (Phi) is 4.94. The fourth-order valence-electron chi connectivity index (χ4n) is 3.65. The van der Waals surface area contributed by atoms with E-state index in [-0.39, 0.29) is 25.9 Å². The predicted octanol–water partition coefficient (Wildman–Crippen LogP) is 3.43. The zero-order valence-corrected chi connectivity index (χ0v) is 16.1. The molecule has 0 bridgehead atoms. The lowest BCUT2D eigenvalue weighted by atomic mass is 10.1. The molecule has 2 aliphatic rings. The molecule has 0 aromatic heterocycles. The number of hydrogen-bond acceptors (Lipinski definition) is 4. The molecule has 0 spiro atoms. The minimum absolute atomic E-state index is 0.101. The summed E-state index contributed by atoms with van der Waals surface area (Å²) in [5.41, 5.74) is -0.0961. The third kappa shape index (κ3) is 3.96. The summed E-state index contributed by atoms with van der Waals surface area (Å²) in [6, 6.07) is 5.21. The molecule has 1 aromatic rings. The third-order valence-electron chi connectivity index (χ3n) is 5.03. The number of ether oxygens (including phenoxy) is 2. The van der Waals surface area contributed by atoms with Crippen LogP contribution in [0.15, 0.2) is 18.2 Å². The van der Waals surface area contributed by atoms with Crippen molar-refractivity contribution in [1.82, 2.24) is 4.31 Å². The second-order valence-electron chi connectivity index (χ2n) is 7.73. The molecule has 1 aliphatic heterocycles. The number of alkyl halides is 2. The first-order chi connectivity index (χ1) is 12.0. The first-order valence-corrected chi connectivity index (χ1v) is 10.3. The number of fused-ring (bicyclic) bond motifs is 1. The zero-order chi connectivity index (χ0) is 19.2. The predicted molar refractivity (Wildman–Crippen MR) is 94.2 cm³/mol. The Balaban J connectivity index is 1.88. The van der Waals surface area contributed by atoms with E-state index < -0.39 is 33.2 Å². The molecule has 146 valence electrons. The highest BCUT2D eigenvalue weighted by Crippen LogP contribution is 2.42. The van der Waals surface area contributed by atoms with E-state index in [4.69, 9.17) is 9.47 Å². The van der Waals surface area contributed by atoms with E-state index in [1.54, 1.807) is 39.2 Å². The van der Waals surface area contributed by atoms with Crippen molar-refractivity contribution >= 4 is 10.0 Å². The number of halogens is 2. The van der Waals surface area contributed by atoms with Gasteiger partial charge in [-0.05, 0) is 32.8 Å². The summed E-state index contributed by atoms with van der Waals surface area (Å²) < 4.78 is 66.2. The summed E-state index contributed by atoms with van der Waals surface area (Å²) in [4.78, 5) is 0. The largest absolute Gasteiger partial charge is 0.497 e. The molecule has 26 heavy (non-hydrogen) atoms. The van der Waals surface area contributed by atoms with Crippen molar-refractivity contribution in [2.45, 2.75) is 51.2 Å². The number of rotatable bonds is 4. The van der Waals surface area contributed by atoms with Crippen molar-refractivity contribution in [3.63, 3.8) is 0 Å². The van der Waals surface area contributed by atoms with Gasteiger partial charge in [-0.3, -0.25) is 0 Å². The smallest absolute Gasteiger partial charge is 0.251 e. The lowest BCUT2D eigenvalue weighted by molar-refractivity contribution is -0.0291. The molecule has 8 heteroatoms. The maximum atomic E-state index is 13.9. The van der Waals surface area contributed by atoms with Crippen molar-refractivity contribution in [3.05, 3.63) is 23.8 Å². The number of nitrogens with zero attached hydrogens (tertiary/aromatic N) is 1. The lowest BCUT2D eigenvalue weighted by Gasteiger charge is -2.30. The third-order valence-corrected chi connectivity index (χ3v) is 6.90. The highest BCUT2D eigenvalue weighted by molar-refractivity contribution is 7.89. The second kappa shape index (κ2) is 6.64. The van der Waals surface area contributed by atoms with E-state index in [2.05, 4.69) is 0 Å². The van der Waals surface area contributed by atoms with Gasteiger partial charge in [-0.2, -0.15) is 4.31 Å². The highest BCUT2D eigenvalue weighted by atomic mass is 32.2. The first-order valence-electron chi connectivity index (χ1n) is 8.74.